The van der Waals surface area contributed by atoms with Crippen LogP contribution in [0.2, 0.25) is 0 Å². The molecule has 6 nitrogen and oxygen atoms in total. The number of carbonyl (C=O) groups excluding carboxylic acids is 1. The number of hydrogen-bond donors (Lipinski definition) is 0. The van der Waals surface area contributed by atoms with Crippen LogP contribution in [0.25, 0.3) is 44.6 Å². The minimum atomic E-state index is -4.44. The van der Waals surface area contributed by atoms with Crippen LogP contribution in [0.1, 0.15) is 24.8 Å². The first-order chi connectivity index (χ1) is 18.8. The number of hydrogen-bond acceptors (Lipinski definition) is 4. The molecule has 9 heteroatoms. The third kappa shape index (κ3) is 4.45. The Labute approximate surface area is 222 Å². The van der Waals surface area contributed by atoms with E-state index in [-0.39, 0.29) is 17.7 Å². The van der Waals surface area contributed by atoms with Gasteiger partial charge in [0.05, 0.1) is 16.6 Å². The van der Waals surface area contributed by atoms with E-state index in [2.05, 4.69) is 9.97 Å². The van der Waals surface area contributed by atoms with Gasteiger partial charge in [0.15, 0.2) is 12.0 Å². The van der Waals surface area contributed by atoms with Gasteiger partial charge in [0, 0.05) is 31.1 Å². The van der Waals surface area contributed by atoms with Gasteiger partial charge < -0.3 is 13.9 Å². The number of aromatic nitrogens is 3. The van der Waals surface area contributed by atoms with Gasteiger partial charge in [-0.1, -0.05) is 30.3 Å². The van der Waals surface area contributed by atoms with Crippen LogP contribution in [-0.4, -0.2) is 38.4 Å². The number of fused-ring (bicyclic) bond motifs is 2. The number of halogens is 3. The van der Waals surface area contributed by atoms with E-state index in [1.54, 1.807) is 0 Å². The molecule has 5 aromatic rings. The summed E-state index contributed by atoms with van der Waals surface area (Å²) in [4.78, 5) is 23.4. The summed E-state index contributed by atoms with van der Waals surface area (Å²) in [6.45, 7) is 1.97. The first kappa shape index (κ1) is 23.9. The second-order valence-electron chi connectivity index (χ2n) is 10.6. The van der Waals surface area contributed by atoms with Crippen LogP contribution in [-0.2, 0) is 17.5 Å². The third-order valence-electron chi connectivity index (χ3n) is 7.85. The summed E-state index contributed by atoms with van der Waals surface area (Å²) in [7, 11) is 0. The Balaban J connectivity index is 1.24. The lowest BCUT2D eigenvalue weighted by Crippen LogP contribution is -2.30. The van der Waals surface area contributed by atoms with Gasteiger partial charge in [-0.05, 0) is 66.6 Å². The van der Waals surface area contributed by atoms with Crippen LogP contribution in [0.3, 0.4) is 0 Å². The van der Waals surface area contributed by atoms with Crippen LogP contribution in [0.5, 0.6) is 0 Å². The second-order valence-corrected chi connectivity index (χ2v) is 10.6. The van der Waals surface area contributed by atoms with Crippen LogP contribution in [0, 0.1) is 11.8 Å². The number of nitrogens with zero attached hydrogens (tertiary/aromatic N) is 4. The first-order valence-electron chi connectivity index (χ1n) is 13.1. The maximum atomic E-state index is 13.5. The normalized spacial score (nSPS) is 17.9. The van der Waals surface area contributed by atoms with Crippen molar-refractivity contribution in [2.45, 2.75) is 32.0 Å². The Morgan fingerprint density at radius 1 is 0.923 bits per heavy atom. The van der Waals surface area contributed by atoms with Crippen LogP contribution < -0.4 is 0 Å². The summed E-state index contributed by atoms with van der Waals surface area (Å²) in [6.07, 6.45) is -0.222. The lowest BCUT2D eigenvalue weighted by molar-refractivity contribution is -0.137. The number of carbonyl (C=O) groups is 1. The van der Waals surface area contributed by atoms with E-state index in [0.717, 1.165) is 60.1 Å². The number of likely N-dealkylation sites (tertiary alicyclic amines) is 1. The van der Waals surface area contributed by atoms with Crippen molar-refractivity contribution in [3.63, 3.8) is 0 Å². The molecule has 7 rings (SSSR count). The molecule has 1 aliphatic heterocycles. The summed E-state index contributed by atoms with van der Waals surface area (Å²) in [5, 5.41) is 0. The third-order valence-corrected chi connectivity index (χ3v) is 7.85. The minimum Gasteiger partial charge on any atom is -0.443 e. The molecular formula is C30H25F3N4O2. The SMILES string of the molecule is O=C(C1CC1)N1CC[C@@H](Cn2c(-c3ccc(-c4ccc5ocnc5c4)cc3)nc3cc(C(F)(F)F)ccc32)C1. The molecule has 0 spiro atoms. The topological polar surface area (TPSA) is 64.2 Å². The van der Waals surface area contributed by atoms with Crippen LogP contribution in [0.4, 0.5) is 13.2 Å². The molecule has 39 heavy (non-hydrogen) atoms. The van der Waals surface area contributed by atoms with Crippen molar-refractivity contribution in [3.05, 3.63) is 72.6 Å². The van der Waals surface area contributed by atoms with Gasteiger partial charge in [-0.3, -0.25) is 4.79 Å². The molecule has 1 aliphatic carbocycles. The maximum Gasteiger partial charge on any atom is 0.416 e. The number of imidazole rings is 1. The van der Waals surface area contributed by atoms with Crippen molar-refractivity contribution in [1.82, 2.24) is 19.4 Å². The molecule has 0 unspecified atom stereocenters. The molecular weight excluding hydrogens is 505 g/mol. The molecule has 0 radical (unpaired) electrons. The fourth-order valence-electron chi connectivity index (χ4n) is 5.59. The molecule has 1 saturated heterocycles. The van der Waals surface area contributed by atoms with Gasteiger partial charge >= 0.3 is 6.18 Å². The zero-order chi connectivity index (χ0) is 26.7. The fraction of sp³-hybridized carbons (Fsp3) is 0.300. The minimum absolute atomic E-state index is 0.178. The average Bonchev–Trinajstić information content (AvgIpc) is 3.33. The van der Waals surface area contributed by atoms with Crippen molar-refractivity contribution < 1.29 is 22.4 Å². The molecule has 2 aromatic heterocycles. The summed E-state index contributed by atoms with van der Waals surface area (Å²) in [5.74, 6) is 1.24. The number of rotatable bonds is 5. The number of benzene rings is 3. The monoisotopic (exact) mass is 530 g/mol. The molecule has 0 N–H and O–H groups in total. The standard InChI is InChI=1S/C30H25F3N4O2/c31-30(32,33)23-8-9-26-24(14-23)35-28(37(26)16-18-11-12-36(15-18)29(38)21-5-6-21)20-3-1-19(2-4-20)22-7-10-27-25(13-22)34-17-39-27/h1-4,7-10,13-14,17-18,21H,5-6,11-12,15-16H2/t18-/m1/s1. The van der Waals surface area contributed by atoms with Crippen LogP contribution >= 0.6 is 0 Å². The molecule has 3 aromatic carbocycles. The Morgan fingerprint density at radius 2 is 1.69 bits per heavy atom. The van der Waals surface area contributed by atoms with E-state index in [0.29, 0.717) is 35.5 Å². The number of oxazole rings is 1. The quantitative estimate of drug-likeness (QED) is 0.251. The van der Waals surface area contributed by atoms with Crippen molar-refractivity contribution in [2.75, 3.05) is 13.1 Å². The lowest BCUT2D eigenvalue weighted by atomic mass is 10.0. The highest BCUT2D eigenvalue weighted by Crippen LogP contribution is 2.36. The first-order valence-corrected chi connectivity index (χ1v) is 13.1. The van der Waals surface area contributed by atoms with Crippen molar-refractivity contribution in [3.8, 4) is 22.5 Å². The van der Waals surface area contributed by atoms with E-state index < -0.39 is 11.7 Å². The second kappa shape index (κ2) is 8.97. The zero-order valence-corrected chi connectivity index (χ0v) is 21.0. The Bertz CT molecular complexity index is 1700. The summed E-state index contributed by atoms with van der Waals surface area (Å²) in [6, 6.07) is 17.4. The van der Waals surface area contributed by atoms with Crippen molar-refractivity contribution in [2.24, 2.45) is 11.8 Å². The highest BCUT2D eigenvalue weighted by atomic mass is 19.4. The summed E-state index contributed by atoms with van der Waals surface area (Å²) in [5.41, 5.74) is 4.52. The molecule has 1 saturated carbocycles. The smallest absolute Gasteiger partial charge is 0.416 e. The number of amides is 1. The molecule has 1 amide bonds. The van der Waals surface area contributed by atoms with Gasteiger partial charge in [-0.15, -0.1) is 0 Å². The van der Waals surface area contributed by atoms with Gasteiger partial charge in [0.1, 0.15) is 11.3 Å². The predicted octanol–water partition coefficient (Wildman–Crippen LogP) is 6.79. The zero-order valence-electron chi connectivity index (χ0n) is 21.0. The molecule has 2 aliphatic rings. The lowest BCUT2D eigenvalue weighted by Gasteiger charge is -2.18. The summed E-state index contributed by atoms with van der Waals surface area (Å²) >= 11 is 0. The van der Waals surface area contributed by atoms with Gasteiger partial charge in [-0.25, -0.2) is 9.97 Å². The molecule has 1 atom stereocenters. The Kier molecular flexibility index (Phi) is 5.50. The molecule has 3 heterocycles. The highest BCUT2D eigenvalue weighted by molar-refractivity contribution is 5.84. The Morgan fingerprint density at radius 3 is 2.46 bits per heavy atom. The van der Waals surface area contributed by atoms with Gasteiger partial charge in [-0.2, -0.15) is 13.2 Å². The highest BCUT2D eigenvalue weighted by Gasteiger charge is 2.37. The average molecular weight is 531 g/mol. The molecule has 0 bridgehead atoms. The van der Waals surface area contributed by atoms with Crippen molar-refractivity contribution >= 4 is 28.0 Å². The van der Waals surface area contributed by atoms with Crippen LogP contribution in [0.15, 0.2) is 71.5 Å². The fourth-order valence-corrected chi connectivity index (χ4v) is 5.59. The van der Waals surface area contributed by atoms with E-state index in [4.69, 9.17) is 4.42 Å². The predicted molar refractivity (Wildman–Crippen MR) is 141 cm³/mol. The van der Waals surface area contributed by atoms with Gasteiger partial charge in [0.25, 0.3) is 0 Å². The van der Waals surface area contributed by atoms with E-state index in [1.165, 1.54) is 12.5 Å². The number of alkyl halides is 3. The van der Waals surface area contributed by atoms with E-state index >= 15 is 0 Å². The van der Waals surface area contributed by atoms with E-state index in [1.807, 2.05) is 51.9 Å². The van der Waals surface area contributed by atoms with Gasteiger partial charge in [0.2, 0.25) is 5.91 Å². The maximum absolute atomic E-state index is 13.5. The molecule has 198 valence electrons. The largest absolute Gasteiger partial charge is 0.443 e. The Hall–Kier alpha value is -4.14. The molecule has 2 fully saturated rings. The van der Waals surface area contributed by atoms with Crippen molar-refractivity contribution in [1.29, 1.82) is 0 Å². The summed E-state index contributed by atoms with van der Waals surface area (Å²) < 4.78 is 47.7. The van der Waals surface area contributed by atoms with E-state index in [9.17, 15) is 18.0 Å².